The largest absolute Gasteiger partial charge is 0.311 e. The van der Waals surface area contributed by atoms with E-state index in [-0.39, 0.29) is 0 Å². The second kappa shape index (κ2) is 4.31. The predicted molar refractivity (Wildman–Crippen MR) is 49.6 cm³/mol. The number of thiocarbonyl (C=S) groups is 1. The number of hydrazine groups is 2. The summed E-state index contributed by atoms with van der Waals surface area (Å²) in [6.45, 7) is 2.17. The van der Waals surface area contributed by atoms with Crippen molar-refractivity contribution in [3.8, 4) is 0 Å². The Balaban J connectivity index is 2.41. The van der Waals surface area contributed by atoms with Gasteiger partial charge in [-0.15, -0.1) is 5.53 Å². The molecule has 0 bridgehead atoms. The second-order valence-electron chi connectivity index (χ2n) is 2.50. The van der Waals surface area contributed by atoms with Crippen molar-refractivity contribution in [2.75, 3.05) is 0 Å². The molecule has 1 aliphatic rings. The summed E-state index contributed by atoms with van der Waals surface area (Å²) in [6, 6.07) is 0. The Morgan fingerprint density at radius 3 is 3.00 bits per heavy atom. The molecule has 3 N–H and O–H groups in total. The van der Waals surface area contributed by atoms with E-state index in [1.165, 1.54) is 18.4 Å². The van der Waals surface area contributed by atoms with Crippen LogP contribution in [0.2, 0.25) is 0 Å². The summed E-state index contributed by atoms with van der Waals surface area (Å²) in [5, 5.41) is 0. The smallest absolute Gasteiger partial charge is 0.119 e. The normalized spacial score (nSPS) is 16.8. The third-order valence-corrected chi connectivity index (χ3v) is 1.95. The van der Waals surface area contributed by atoms with E-state index >= 15 is 0 Å². The molecule has 0 amide bonds. The third kappa shape index (κ3) is 2.48. The molecule has 0 atom stereocenters. The van der Waals surface area contributed by atoms with Gasteiger partial charge in [0.05, 0.1) is 0 Å². The lowest BCUT2D eigenvalue weighted by molar-refractivity contribution is 0.572. The Labute approximate surface area is 72.2 Å². The monoisotopic (exact) mass is 171 g/mol. The quantitative estimate of drug-likeness (QED) is 0.554. The van der Waals surface area contributed by atoms with Gasteiger partial charge in [0.15, 0.2) is 0 Å². The lowest BCUT2D eigenvalue weighted by Gasteiger charge is -2.17. The van der Waals surface area contributed by atoms with Crippen LogP contribution in [0.25, 0.3) is 0 Å². The molecule has 1 heterocycles. The maximum atomic E-state index is 5.06. The van der Waals surface area contributed by atoms with Crippen molar-refractivity contribution >= 4 is 17.2 Å². The van der Waals surface area contributed by atoms with Gasteiger partial charge in [0, 0.05) is 11.8 Å². The Hall–Kier alpha value is -0.610. The van der Waals surface area contributed by atoms with Gasteiger partial charge in [-0.05, 0) is 12.8 Å². The molecule has 0 unspecified atom stereocenters. The first-order valence-electron chi connectivity index (χ1n) is 3.84. The fourth-order valence-electron chi connectivity index (χ4n) is 0.915. The Kier molecular flexibility index (Phi) is 3.32. The fraction of sp³-hybridized carbons (Fsp3) is 0.571. The summed E-state index contributed by atoms with van der Waals surface area (Å²) in [5.74, 6) is 0. The topological polar surface area (TPSA) is 36.1 Å². The van der Waals surface area contributed by atoms with Crippen LogP contribution in [0.4, 0.5) is 0 Å². The first-order valence-corrected chi connectivity index (χ1v) is 4.25. The maximum Gasteiger partial charge on any atom is 0.119 e. The van der Waals surface area contributed by atoms with E-state index in [0.29, 0.717) is 0 Å². The van der Waals surface area contributed by atoms with Gasteiger partial charge in [0.25, 0.3) is 0 Å². The lowest BCUT2D eigenvalue weighted by atomic mass is 10.1. The molecule has 0 radical (unpaired) electrons. The highest BCUT2D eigenvalue weighted by Crippen LogP contribution is 2.08. The molecule has 0 aromatic heterocycles. The zero-order valence-corrected chi connectivity index (χ0v) is 7.42. The molecule has 1 rings (SSSR count). The molecule has 0 spiro atoms. The van der Waals surface area contributed by atoms with Crippen LogP contribution in [-0.2, 0) is 0 Å². The number of nitrogens with one attached hydrogen (secondary N) is 3. The number of hydrogen-bond acceptors (Lipinski definition) is 3. The number of unbranched alkanes of at least 4 members (excludes halogenated alkanes) is 1. The number of hydrogen-bond donors (Lipinski definition) is 3. The van der Waals surface area contributed by atoms with Crippen LogP contribution < -0.4 is 16.4 Å². The summed E-state index contributed by atoms with van der Waals surface area (Å²) in [7, 11) is 0. The predicted octanol–water partition coefficient (Wildman–Crippen LogP) is 1.00. The molecule has 0 fully saturated rings. The van der Waals surface area contributed by atoms with Gasteiger partial charge in [-0.2, -0.15) is 0 Å². The summed E-state index contributed by atoms with van der Waals surface area (Å²) in [5.41, 5.74) is 9.61. The van der Waals surface area contributed by atoms with E-state index in [4.69, 9.17) is 12.2 Å². The average molecular weight is 171 g/mol. The van der Waals surface area contributed by atoms with Crippen molar-refractivity contribution in [2.45, 2.75) is 26.2 Å². The van der Waals surface area contributed by atoms with E-state index in [2.05, 4.69) is 23.3 Å². The Bertz CT molecular complexity index is 177. The molecule has 0 saturated heterocycles. The summed E-state index contributed by atoms with van der Waals surface area (Å²) < 4.78 is 0. The zero-order valence-electron chi connectivity index (χ0n) is 6.61. The van der Waals surface area contributed by atoms with Gasteiger partial charge >= 0.3 is 0 Å². The van der Waals surface area contributed by atoms with Gasteiger partial charge in [0.1, 0.15) is 4.99 Å². The van der Waals surface area contributed by atoms with Gasteiger partial charge in [-0.1, -0.05) is 25.6 Å². The van der Waals surface area contributed by atoms with Crippen LogP contribution in [0.3, 0.4) is 0 Å². The first kappa shape index (κ1) is 8.49. The third-order valence-electron chi connectivity index (χ3n) is 1.59. The van der Waals surface area contributed by atoms with Gasteiger partial charge < -0.3 is 5.43 Å². The van der Waals surface area contributed by atoms with Crippen molar-refractivity contribution in [2.24, 2.45) is 0 Å². The molecule has 62 valence electrons. The molecule has 0 aliphatic carbocycles. The second-order valence-corrected chi connectivity index (χ2v) is 2.90. The van der Waals surface area contributed by atoms with Crippen LogP contribution in [-0.4, -0.2) is 4.99 Å². The molecule has 0 saturated carbocycles. The Morgan fingerprint density at radius 2 is 2.36 bits per heavy atom. The minimum Gasteiger partial charge on any atom is -0.311 e. The lowest BCUT2D eigenvalue weighted by Crippen LogP contribution is -2.48. The zero-order chi connectivity index (χ0) is 8.10. The molecule has 0 aromatic carbocycles. The molecule has 4 heteroatoms. The van der Waals surface area contributed by atoms with Gasteiger partial charge in [-0.3, -0.25) is 5.43 Å². The fourth-order valence-corrected chi connectivity index (χ4v) is 1.13. The van der Waals surface area contributed by atoms with E-state index in [1.54, 1.807) is 0 Å². The standard InChI is InChI=1S/C7H13N3S/c1-2-3-4-6-5-8-10-9-7(6)11/h5,8,10H,2-4H2,1H3,(H,9,11). The average Bonchev–Trinajstić information content (AvgIpc) is 2.03. The van der Waals surface area contributed by atoms with Crippen LogP contribution in [0, 0.1) is 0 Å². The molecule has 11 heavy (non-hydrogen) atoms. The van der Waals surface area contributed by atoms with E-state index < -0.39 is 0 Å². The van der Waals surface area contributed by atoms with Crippen molar-refractivity contribution in [3.05, 3.63) is 11.8 Å². The van der Waals surface area contributed by atoms with Crippen molar-refractivity contribution in [1.82, 2.24) is 16.4 Å². The minimum absolute atomic E-state index is 0.803. The van der Waals surface area contributed by atoms with Crippen molar-refractivity contribution < 1.29 is 0 Å². The summed E-state index contributed by atoms with van der Waals surface area (Å²) >= 11 is 5.06. The minimum atomic E-state index is 0.803. The molecule has 0 aromatic rings. The van der Waals surface area contributed by atoms with Crippen molar-refractivity contribution in [3.63, 3.8) is 0 Å². The first-order chi connectivity index (χ1) is 5.34. The molecule has 3 nitrogen and oxygen atoms in total. The van der Waals surface area contributed by atoms with E-state index in [1.807, 2.05) is 6.20 Å². The SMILES string of the molecule is CCCCC1=CNNNC1=S. The highest BCUT2D eigenvalue weighted by Gasteiger charge is 2.06. The van der Waals surface area contributed by atoms with E-state index in [9.17, 15) is 0 Å². The van der Waals surface area contributed by atoms with Crippen molar-refractivity contribution in [1.29, 1.82) is 0 Å². The molecular weight excluding hydrogens is 158 g/mol. The Morgan fingerprint density at radius 1 is 1.55 bits per heavy atom. The molecular formula is C7H13N3S. The highest BCUT2D eigenvalue weighted by atomic mass is 32.1. The van der Waals surface area contributed by atoms with E-state index in [0.717, 1.165) is 11.4 Å². The van der Waals surface area contributed by atoms with Crippen LogP contribution in [0.15, 0.2) is 11.8 Å². The van der Waals surface area contributed by atoms with Crippen LogP contribution >= 0.6 is 12.2 Å². The highest BCUT2D eigenvalue weighted by molar-refractivity contribution is 7.80. The van der Waals surface area contributed by atoms with Crippen LogP contribution in [0.5, 0.6) is 0 Å². The van der Waals surface area contributed by atoms with Crippen LogP contribution in [0.1, 0.15) is 26.2 Å². The maximum absolute atomic E-state index is 5.06. The number of rotatable bonds is 3. The summed E-state index contributed by atoms with van der Waals surface area (Å²) in [4.78, 5) is 0.803. The summed E-state index contributed by atoms with van der Waals surface area (Å²) in [6.07, 6.45) is 5.36. The van der Waals surface area contributed by atoms with Gasteiger partial charge in [0.2, 0.25) is 0 Å². The van der Waals surface area contributed by atoms with Gasteiger partial charge in [-0.25, -0.2) is 0 Å². The molecule has 1 aliphatic heterocycles.